The SMILES string of the molecule is CCOc1ccc([C@H](COC)NC(=O)C2C3Oc4cc(Br)ccc4C32)cc1. The van der Waals surface area contributed by atoms with E-state index in [-0.39, 0.29) is 29.9 Å². The topological polar surface area (TPSA) is 56.8 Å². The molecule has 1 fully saturated rings. The summed E-state index contributed by atoms with van der Waals surface area (Å²) >= 11 is 3.45. The number of carbonyl (C=O) groups excluding carboxylic acids is 1. The fraction of sp³-hybridized carbons (Fsp3) is 0.381. The molecule has 1 N–H and O–H groups in total. The molecule has 0 bridgehead atoms. The maximum Gasteiger partial charge on any atom is 0.228 e. The summed E-state index contributed by atoms with van der Waals surface area (Å²) in [5, 5.41) is 3.12. The molecule has 1 heterocycles. The number of halogens is 1. The first kappa shape index (κ1) is 18.3. The third-order valence-electron chi connectivity index (χ3n) is 5.10. The lowest BCUT2D eigenvalue weighted by atomic mass is 10.1. The number of hydrogen-bond acceptors (Lipinski definition) is 4. The second kappa shape index (κ2) is 7.52. The Hall–Kier alpha value is -2.05. The Morgan fingerprint density at radius 3 is 2.74 bits per heavy atom. The number of amides is 1. The van der Waals surface area contributed by atoms with Crippen LogP contribution in [0.25, 0.3) is 0 Å². The Balaban J connectivity index is 1.44. The van der Waals surface area contributed by atoms with Gasteiger partial charge in [-0.15, -0.1) is 0 Å². The van der Waals surface area contributed by atoms with Crippen LogP contribution in [-0.2, 0) is 9.53 Å². The summed E-state index contributed by atoms with van der Waals surface area (Å²) in [4.78, 5) is 12.8. The lowest BCUT2D eigenvalue weighted by Gasteiger charge is -2.19. The Morgan fingerprint density at radius 2 is 2.04 bits per heavy atom. The van der Waals surface area contributed by atoms with Gasteiger partial charge in [0.05, 0.1) is 25.2 Å². The van der Waals surface area contributed by atoms with Gasteiger partial charge in [-0.25, -0.2) is 0 Å². The van der Waals surface area contributed by atoms with Crippen molar-refractivity contribution in [3.8, 4) is 11.5 Å². The highest BCUT2D eigenvalue weighted by Crippen LogP contribution is 2.58. The number of hydrogen-bond donors (Lipinski definition) is 1. The van der Waals surface area contributed by atoms with Crippen LogP contribution in [-0.4, -0.2) is 32.3 Å². The van der Waals surface area contributed by atoms with Crippen LogP contribution < -0.4 is 14.8 Å². The number of methoxy groups -OCH3 is 1. The lowest BCUT2D eigenvalue weighted by molar-refractivity contribution is -0.124. The van der Waals surface area contributed by atoms with Gasteiger partial charge in [-0.3, -0.25) is 4.79 Å². The van der Waals surface area contributed by atoms with Crippen molar-refractivity contribution in [2.75, 3.05) is 20.3 Å². The molecule has 1 aliphatic carbocycles. The smallest absolute Gasteiger partial charge is 0.228 e. The van der Waals surface area contributed by atoms with Gasteiger partial charge in [0.25, 0.3) is 0 Å². The molecule has 0 saturated heterocycles. The van der Waals surface area contributed by atoms with Crippen LogP contribution in [0.1, 0.15) is 30.0 Å². The van der Waals surface area contributed by atoms with E-state index in [4.69, 9.17) is 14.2 Å². The number of ether oxygens (including phenoxy) is 3. The van der Waals surface area contributed by atoms with E-state index in [9.17, 15) is 4.79 Å². The van der Waals surface area contributed by atoms with Gasteiger partial charge in [-0.1, -0.05) is 34.1 Å². The van der Waals surface area contributed by atoms with Crippen LogP contribution in [0.3, 0.4) is 0 Å². The minimum absolute atomic E-state index is 0.00880. The molecule has 1 aliphatic heterocycles. The maximum atomic E-state index is 12.8. The molecular weight excluding hydrogens is 410 g/mol. The zero-order valence-corrected chi connectivity index (χ0v) is 16.9. The average molecular weight is 432 g/mol. The van der Waals surface area contributed by atoms with Crippen molar-refractivity contribution < 1.29 is 19.0 Å². The quantitative estimate of drug-likeness (QED) is 0.723. The van der Waals surface area contributed by atoms with Crippen LogP contribution in [0, 0.1) is 5.92 Å². The zero-order valence-electron chi connectivity index (χ0n) is 15.3. The number of fused-ring (bicyclic) bond motifs is 3. The molecule has 6 heteroatoms. The molecule has 142 valence electrons. The molecule has 0 radical (unpaired) electrons. The van der Waals surface area contributed by atoms with Crippen molar-refractivity contribution in [3.05, 3.63) is 58.1 Å². The van der Waals surface area contributed by atoms with Crippen molar-refractivity contribution in [2.24, 2.45) is 5.92 Å². The van der Waals surface area contributed by atoms with Gasteiger partial charge in [0.1, 0.15) is 17.6 Å². The molecule has 1 amide bonds. The Morgan fingerprint density at radius 1 is 1.26 bits per heavy atom. The predicted molar refractivity (Wildman–Crippen MR) is 105 cm³/mol. The third kappa shape index (κ3) is 3.56. The zero-order chi connectivity index (χ0) is 19.0. The molecule has 3 unspecified atom stereocenters. The first-order valence-electron chi connectivity index (χ1n) is 9.10. The van der Waals surface area contributed by atoms with Crippen LogP contribution in [0.4, 0.5) is 0 Å². The molecule has 1 saturated carbocycles. The summed E-state index contributed by atoms with van der Waals surface area (Å²) in [6, 6.07) is 13.5. The van der Waals surface area contributed by atoms with Crippen molar-refractivity contribution in [3.63, 3.8) is 0 Å². The second-order valence-electron chi connectivity index (χ2n) is 6.83. The molecule has 0 spiro atoms. The number of rotatable bonds is 7. The number of benzene rings is 2. The Labute approximate surface area is 167 Å². The highest BCUT2D eigenvalue weighted by atomic mass is 79.9. The monoisotopic (exact) mass is 431 g/mol. The Kier molecular flexibility index (Phi) is 5.10. The van der Waals surface area contributed by atoms with Crippen molar-refractivity contribution in [1.82, 2.24) is 5.32 Å². The van der Waals surface area contributed by atoms with E-state index < -0.39 is 0 Å². The summed E-state index contributed by atoms with van der Waals surface area (Å²) in [6.45, 7) is 2.99. The van der Waals surface area contributed by atoms with E-state index >= 15 is 0 Å². The van der Waals surface area contributed by atoms with Gasteiger partial charge in [0.2, 0.25) is 5.91 Å². The highest BCUT2D eigenvalue weighted by Gasteiger charge is 2.62. The molecular formula is C21H22BrNO4. The summed E-state index contributed by atoms with van der Waals surface area (Å²) in [5.41, 5.74) is 2.11. The fourth-order valence-electron chi connectivity index (χ4n) is 3.76. The van der Waals surface area contributed by atoms with E-state index in [1.165, 1.54) is 0 Å². The van der Waals surface area contributed by atoms with E-state index in [1.807, 2.05) is 49.4 Å². The van der Waals surface area contributed by atoms with Crippen molar-refractivity contribution >= 4 is 21.8 Å². The summed E-state index contributed by atoms with van der Waals surface area (Å²) in [5.74, 6) is 1.71. The first-order chi connectivity index (χ1) is 13.1. The standard InChI is InChI=1S/C21H22BrNO4/c1-3-26-14-7-4-12(5-8-14)16(11-25-2)23-21(24)19-18-15-9-6-13(22)10-17(15)27-20(18)19/h4-10,16,18-20H,3,11H2,1-2H3,(H,23,24)/t16-,18?,19?,20?/m0/s1. The molecule has 5 nitrogen and oxygen atoms in total. The number of carbonyl (C=O) groups is 1. The molecule has 0 aromatic heterocycles. The molecule has 2 aromatic rings. The fourth-order valence-corrected chi connectivity index (χ4v) is 4.10. The van der Waals surface area contributed by atoms with E-state index in [1.54, 1.807) is 7.11 Å². The first-order valence-corrected chi connectivity index (χ1v) is 9.90. The minimum Gasteiger partial charge on any atom is -0.494 e. The predicted octanol–water partition coefficient (Wildman–Crippen LogP) is 3.83. The van der Waals surface area contributed by atoms with E-state index in [0.29, 0.717) is 13.2 Å². The number of nitrogens with one attached hydrogen (secondary N) is 1. The largest absolute Gasteiger partial charge is 0.494 e. The van der Waals surface area contributed by atoms with Gasteiger partial charge in [0.15, 0.2) is 0 Å². The Bertz CT molecular complexity index is 839. The normalized spacial score (nSPS) is 23.0. The van der Waals surface area contributed by atoms with Gasteiger partial charge in [-0.2, -0.15) is 0 Å². The second-order valence-corrected chi connectivity index (χ2v) is 7.75. The third-order valence-corrected chi connectivity index (χ3v) is 5.59. The van der Waals surface area contributed by atoms with E-state index in [2.05, 4.69) is 21.2 Å². The van der Waals surface area contributed by atoms with E-state index in [0.717, 1.165) is 27.1 Å². The molecule has 27 heavy (non-hydrogen) atoms. The summed E-state index contributed by atoms with van der Waals surface area (Å²) < 4.78 is 17.7. The summed E-state index contributed by atoms with van der Waals surface area (Å²) in [7, 11) is 1.64. The van der Waals surface area contributed by atoms with Crippen LogP contribution in [0.5, 0.6) is 11.5 Å². The molecule has 4 rings (SSSR count). The van der Waals surface area contributed by atoms with Gasteiger partial charge >= 0.3 is 0 Å². The molecule has 4 atom stereocenters. The molecule has 2 aromatic carbocycles. The van der Waals surface area contributed by atoms with Gasteiger partial charge in [0, 0.05) is 23.1 Å². The molecule has 2 aliphatic rings. The van der Waals surface area contributed by atoms with Crippen molar-refractivity contribution in [2.45, 2.75) is 25.0 Å². The summed E-state index contributed by atoms with van der Waals surface area (Å²) in [6.07, 6.45) is -0.0576. The average Bonchev–Trinajstić information content (AvgIpc) is 3.24. The highest BCUT2D eigenvalue weighted by molar-refractivity contribution is 9.10. The van der Waals surface area contributed by atoms with Gasteiger partial charge < -0.3 is 19.5 Å². The van der Waals surface area contributed by atoms with Gasteiger partial charge in [-0.05, 0) is 36.8 Å². The van der Waals surface area contributed by atoms with Crippen LogP contribution >= 0.6 is 15.9 Å². The van der Waals surface area contributed by atoms with Crippen LogP contribution in [0.15, 0.2) is 46.9 Å². The van der Waals surface area contributed by atoms with Crippen molar-refractivity contribution in [1.29, 1.82) is 0 Å². The maximum absolute atomic E-state index is 12.8. The lowest BCUT2D eigenvalue weighted by Crippen LogP contribution is -2.34. The van der Waals surface area contributed by atoms with Crippen LogP contribution in [0.2, 0.25) is 0 Å². The minimum atomic E-state index is -0.205.